The number of rotatable bonds is 15. The van der Waals surface area contributed by atoms with Crippen LogP contribution in [0.5, 0.6) is 0 Å². The van der Waals surface area contributed by atoms with Crippen molar-refractivity contribution in [3.05, 3.63) is 72.5 Å². The van der Waals surface area contributed by atoms with Gasteiger partial charge < -0.3 is 41.7 Å². The Morgan fingerprint density at radius 3 is 2.00 bits per heavy atom. The number of carboxylic acid groups (broad SMARTS) is 1. The molecule has 0 spiro atoms. The van der Waals surface area contributed by atoms with Crippen molar-refractivity contribution in [3.63, 3.8) is 0 Å². The van der Waals surface area contributed by atoms with Gasteiger partial charge in [-0.1, -0.05) is 32.0 Å². The van der Waals surface area contributed by atoms with Crippen LogP contribution >= 0.6 is 0 Å². The standard InChI is InChI=1S/C29H37N9O5/c1-16(2)7-23(36-26(39)21(30)8-17-11-33-22-6-4-3-5-20(17)22)27(40)37-24(9-18-12-31-14-34-18)28(41)38-25(29(42)43)10-19-13-32-15-35-19/h3-6,11-16,21,23-25,33H,7-10,30H2,1-2H3,(H,31,34)(H,32,35)(H,36,39)(H,37,40)(H,38,41)(H,42,43). The van der Waals surface area contributed by atoms with Gasteiger partial charge in [-0.2, -0.15) is 0 Å². The summed E-state index contributed by atoms with van der Waals surface area (Å²) in [4.78, 5) is 68.7. The smallest absolute Gasteiger partial charge is 0.326 e. The minimum atomic E-state index is -1.28. The van der Waals surface area contributed by atoms with E-state index < -0.39 is 47.9 Å². The highest BCUT2D eigenvalue weighted by Gasteiger charge is 2.31. The number of nitrogens with one attached hydrogen (secondary N) is 6. The Morgan fingerprint density at radius 1 is 0.814 bits per heavy atom. The van der Waals surface area contributed by atoms with Crippen LogP contribution in [-0.4, -0.2) is 77.9 Å². The van der Waals surface area contributed by atoms with Crippen LogP contribution in [0.1, 0.15) is 37.2 Å². The van der Waals surface area contributed by atoms with Crippen LogP contribution in [0.4, 0.5) is 0 Å². The van der Waals surface area contributed by atoms with E-state index in [2.05, 4.69) is 40.9 Å². The van der Waals surface area contributed by atoms with Crippen molar-refractivity contribution in [1.82, 2.24) is 40.9 Å². The molecule has 0 saturated carbocycles. The first-order chi connectivity index (χ1) is 20.6. The number of nitrogens with zero attached hydrogens (tertiary/aromatic N) is 2. The van der Waals surface area contributed by atoms with Crippen LogP contribution in [0, 0.1) is 5.92 Å². The zero-order valence-corrected chi connectivity index (χ0v) is 24.0. The molecule has 3 aromatic heterocycles. The van der Waals surface area contributed by atoms with Gasteiger partial charge in [0.1, 0.15) is 18.1 Å². The lowest BCUT2D eigenvalue weighted by Crippen LogP contribution is -2.58. The number of aliphatic carboxylic acids is 1. The van der Waals surface area contributed by atoms with E-state index >= 15 is 0 Å². The highest BCUT2D eigenvalue weighted by Crippen LogP contribution is 2.19. The van der Waals surface area contributed by atoms with E-state index in [1.807, 2.05) is 44.3 Å². The number of para-hydroxylation sites is 1. The molecule has 14 heteroatoms. The second kappa shape index (κ2) is 14.3. The van der Waals surface area contributed by atoms with Crippen molar-refractivity contribution in [3.8, 4) is 0 Å². The number of amides is 3. The van der Waals surface area contributed by atoms with E-state index in [-0.39, 0.29) is 31.6 Å². The van der Waals surface area contributed by atoms with Gasteiger partial charge in [0.15, 0.2) is 0 Å². The van der Waals surface area contributed by atoms with Gasteiger partial charge in [0, 0.05) is 53.7 Å². The first-order valence-electron chi connectivity index (χ1n) is 14.0. The molecule has 4 unspecified atom stereocenters. The molecule has 3 heterocycles. The second-order valence-electron chi connectivity index (χ2n) is 10.9. The van der Waals surface area contributed by atoms with Gasteiger partial charge in [-0.15, -0.1) is 0 Å². The monoisotopic (exact) mass is 591 g/mol. The summed E-state index contributed by atoms with van der Waals surface area (Å²) < 4.78 is 0. The number of hydrogen-bond donors (Lipinski definition) is 8. The Balaban J connectivity index is 1.46. The predicted molar refractivity (Wildman–Crippen MR) is 157 cm³/mol. The number of imidazole rings is 2. The molecule has 228 valence electrons. The maximum absolute atomic E-state index is 13.5. The van der Waals surface area contributed by atoms with E-state index in [0.29, 0.717) is 11.4 Å². The van der Waals surface area contributed by atoms with Gasteiger partial charge in [-0.05, 0) is 30.4 Å². The minimum Gasteiger partial charge on any atom is -0.480 e. The fraction of sp³-hybridized carbons (Fsp3) is 0.379. The number of nitrogens with two attached hydrogens (primary N) is 1. The molecule has 43 heavy (non-hydrogen) atoms. The van der Waals surface area contributed by atoms with Crippen molar-refractivity contribution in [1.29, 1.82) is 0 Å². The third-order valence-corrected chi connectivity index (χ3v) is 7.00. The fourth-order valence-corrected chi connectivity index (χ4v) is 4.80. The lowest BCUT2D eigenvalue weighted by atomic mass is 10.0. The predicted octanol–water partition coefficient (Wildman–Crippen LogP) is 0.554. The third kappa shape index (κ3) is 8.52. The summed E-state index contributed by atoms with van der Waals surface area (Å²) in [7, 11) is 0. The molecule has 1 aromatic carbocycles. The van der Waals surface area contributed by atoms with Crippen LogP contribution in [0.2, 0.25) is 0 Å². The zero-order valence-electron chi connectivity index (χ0n) is 24.0. The number of aromatic nitrogens is 5. The SMILES string of the molecule is CC(C)CC(NC(=O)C(N)Cc1c[nH]c2ccccc12)C(=O)NC(Cc1cnc[nH]1)C(=O)NC(Cc1cnc[nH]1)C(=O)O. The fourth-order valence-electron chi connectivity index (χ4n) is 4.80. The Hall–Kier alpha value is -4.98. The van der Waals surface area contributed by atoms with Crippen molar-refractivity contribution in [2.45, 2.75) is 63.7 Å². The zero-order chi connectivity index (χ0) is 30.9. The lowest BCUT2D eigenvalue weighted by Gasteiger charge is -2.26. The molecule has 0 aliphatic rings. The Kier molecular flexibility index (Phi) is 10.3. The maximum Gasteiger partial charge on any atom is 0.326 e. The molecule has 4 aromatic rings. The summed E-state index contributed by atoms with van der Waals surface area (Å²) in [6.45, 7) is 3.81. The first kappa shape index (κ1) is 31.0. The van der Waals surface area contributed by atoms with Gasteiger partial charge in [-0.25, -0.2) is 14.8 Å². The first-order valence-corrected chi connectivity index (χ1v) is 14.0. The molecule has 9 N–H and O–H groups in total. The summed E-state index contributed by atoms with van der Waals surface area (Å²) in [5, 5.41) is 18.6. The molecule has 14 nitrogen and oxygen atoms in total. The van der Waals surface area contributed by atoms with Gasteiger partial charge in [-0.3, -0.25) is 14.4 Å². The summed E-state index contributed by atoms with van der Waals surface area (Å²) in [5.41, 5.74) is 9.13. The minimum absolute atomic E-state index is 0.0103. The van der Waals surface area contributed by atoms with Gasteiger partial charge in [0.05, 0.1) is 18.7 Å². The van der Waals surface area contributed by atoms with Gasteiger partial charge in [0.25, 0.3) is 0 Å². The molecule has 4 atom stereocenters. The van der Waals surface area contributed by atoms with E-state index in [1.54, 1.807) is 0 Å². The van der Waals surface area contributed by atoms with Crippen LogP contribution in [0.25, 0.3) is 10.9 Å². The van der Waals surface area contributed by atoms with E-state index in [9.17, 15) is 24.3 Å². The number of fused-ring (bicyclic) bond motifs is 1. The molecule has 3 amide bonds. The lowest BCUT2D eigenvalue weighted by molar-refractivity contribution is -0.142. The number of carbonyl (C=O) groups excluding carboxylic acids is 3. The average molecular weight is 592 g/mol. The number of benzene rings is 1. The van der Waals surface area contributed by atoms with Crippen molar-refractivity contribution >= 4 is 34.6 Å². The van der Waals surface area contributed by atoms with Crippen LogP contribution in [0.3, 0.4) is 0 Å². The largest absolute Gasteiger partial charge is 0.480 e. The molecule has 0 aliphatic heterocycles. The summed E-state index contributed by atoms with van der Waals surface area (Å²) in [6.07, 6.45) is 8.14. The summed E-state index contributed by atoms with van der Waals surface area (Å²) in [6, 6.07) is 3.33. The second-order valence-corrected chi connectivity index (χ2v) is 10.9. The molecule has 4 rings (SSSR count). The van der Waals surface area contributed by atoms with Crippen molar-refractivity contribution in [2.24, 2.45) is 11.7 Å². The normalized spacial score (nSPS) is 14.1. The van der Waals surface area contributed by atoms with E-state index in [0.717, 1.165) is 16.5 Å². The molecule has 0 saturated heterocycles. The maximum atomic E-state index is 13.5. The Morgan fingerprint density at radius 2 is 1.40 bits per heavy atom. The highest BCUT2D eigenvalue weighted by atomic mass is 16.4. The highest BCUT2D eigenvalue weighted by molar-refractivity contribution is 5.94. The van der Waals surface area contributed by atoms with E-state index in [4.69, 9.17) is 5.73 Å². The number of carboxylic acids is 1. The van der Waals surface area contributed by atoms with E-state index in [1.165, 1.54) is 25.0 Å². The number of hydrogen-bond acceptors (Lipinski definition) is 7. The average Bonchev–Trinajstić information content (AvgIpc) is 3.75. The molecule has 0 bridgehead atoms. The Labute approximate surface area is 247 Å². The van der Waals surface area contributed by atoms with Crippen molar-refractivity contribution in [2.75, 3.05) is 0 Å². The molecule has 0 aliphatic carbocycles. The molecular formula is C29H37N9O5. The number of H-pyrrole nitrogens is 3. The Bertz CT molecular complexity index is 1510. The van der Waals surface area contributed by atoms with Gasteiger partial charge >= 0.3 is 5.97 Å². The van der Waals surface area contributed by atoms with Crippen molar-refractivity contribution < 1.29 is 24.3 Å². The van der Waals surface area contributed by atoms with Crippen LogP contribution < -0.4 is 21.7 Å². The molecular weight excluding hydrogens is 554 g/mol. The number of carbonyl (C=O) groups is 4. The van der Waals surface area contributed by atoms with Crippen LogP contribution in [0.15, 0.2) is 55.5 Å². The van der Waals surface area contributed by atoms with Crippen LogP contribution in [-0.2, 0) is 38.4 Å². The molecule has 0 fully saturated rings. The third-order valence-electron chi connectivity index (χ3n) is 7.00. The molecule has 0 radical (unpaired) electrons. The van der Waals surface area contributed by atoms with Gasteiger partial charge in [0.2, 0.25) is 17.7 Å². The number of aromatic amines is 3. The summed E-state index contributed by atoms with van der Waals surface area (Å²) >= 11 is 0. The topological polar surface area (TPSA) is 224 Å². The quantitative estimate of drug-likeness (QED) is 0.0972. The summed E-state index contributed by atoms with van der Waals surface area (Å²) in [5.74, 6) is -3.04.